The summed E-state index contributed by atoms with van der Waals surface area (Å²) in [6, 6.07) is 32.4. The van der Waals surface area contributed by atoms with Crippen LogP contribution in [0.2, 0.25) is 0 Å². The van der Waals surface area contributed by atoms with Gasteiger partial charge >= 0.3 is 0 Å². The van der Waals surface area contributed by atoms with Crippen molar-refractivity contribution in [2.45, 2.75) is 98.7 Å². The van der Waals surface area contributed by atoms with Gasteiger partial charge < -0.3 is 33.5 Å². The van der Waals surface area contributed by atoms with Crippen molar-refractivity contribution in [2.75, 3.05) is 27.8 Å². The highest BCUT2D eigenvalue weighted by atomic mass is 31.1. The molecule has 0 radical (unpaired) electrons. The van der Waals surface area contributed by atoms with E-state index in [0.29, 0.717) is 36.2 Å². The Morgan fingerprint density at radius 2 is 0.912 bits per heavy atom. The van der Waals surface area contributed by atoms with Crippen LogP contribution in [0.1, 0.15) is 95.7 Å². The van der Waals surface area contributed by atoms with Crippen LogP contribution in [0.25, 0.3) is 0 Å². The Kier molecular flexibility index (Phi) is 14.0. The molecule has 0 saturated carbocycles. The number of benzene rings is 5. The minimum Gasteiger partial charge on any atom is -0.507 e. The molecule has 0 amide bonds. The first-order valence-electron chi connectivity index (χ1n) is 19.5. The smallest absolute Gasteiger partial charge is 0.189 e. The van der Waals surface area contributed by atoms with Gasteiger partial charge in [0.1, 0.15) is 28.7 Å². The molecule has 0 atom stereocenters. The number of aromatic hydroxyl groups is 1. The highest BCUT2D eigenvalue weighted by molar-refractivity contribution is 7.80. The molecule has 0 spiro atoms. The van der Waals surface area contributed by atoms with Crippen molar-refractivity contribution in [3.05, 3.63) is 130 Å². The third-order valence-electron chi connectivity index (χ3n) is 9.73. The molecule has 5 rings (SSSR count). The average molecular weight is 793 g/mol. The molecule has 0 aromatic heterocycles. The molecule has 5 aromatic carbocycles. The Labute approximate surface area is 342 Å². The number of methoxy groups -OCH3 is 2. The molecule has 7 nitrogen and oxygen atoms in total. The van der Waals surface area contributed by atoms with Gasteiger partial charge in [0, 0.05) is 32.6 Å². The molecule has 0 heterocycles. The molecule has 0 saturated heterocycles. The van der Waals surface area contributed by atoms with Gasteiger partial charge in [0.2, 0.25) is 0 Å². The predicted molar refractivity (Wildman–Crippen MR) is 234 cm³/mol. The summed E-state index contributed by atoms with van der Waals surface area (Å²) >= 11 is 0. The summed E-state index contributed by atoms with van der Waals surface area (Å²) in [6.07, 6.45) is 0. The predicted octanol–water partition coefficient (Wildman–Crippen LogP) is 10.5. The van der Waals surface area contributed by atoms with Gasteiger partial charge in [-0.1, -0.05) is 129 Å². The van der Waals surface area contributed by atoms with Gasteiger partial charge in [-0.15, -0.1) is 0 Å². The van der Waals surface area contributed by atoms with Gasteiger partial charge in [0.25, 0.3) is 0 Å². The lowest BCUT2D eigenvalue weighted by atomic mass is 9.85. The molecule has 0 aliphatic rings. The van der Waals surface area contributed by atoms with Crippen LogP contribution in [0.15, 0.2) is 97.1 Å². The number of hydrogen-bond donors (Lipinski definition) is 1. The topological polar surface area (TPSA) is 75.6 Å². The van der Waals surface area contributed by atoms with E-state index < -0.39 is 7.92 Å². The standard InChI is InChI=1S/C49H61O7P/c1-33-23-38(47(2,3)4)44(50)41(24-33)57(42-27-36(51-11)25-39(48(5,6)7)45(42)55-31-53-29-34-19-15-13-16-20-34)43-28-37(52-12)26-40(49(8,9)10)46(43)56-32-54-30-35-21-17-14-18-22-35/h13-28,50H,29-32H2,1-12H3. The molecule has 0 aliphatic carbocycles. The average Bonchev–Trinajstić information content (AvgIpc) is 3.16. The van der Waals surface area contributed by atoms with E-state index in [1.807, 2.05) is 84.9 Å². The molecule has 0 aliphatic heterocycles. The van der Waals surface area contributed by atoms with Crippen LogP contribution in [-0.4, -0.2) is 32.9 Å². The molecule has 5 aromatic rings. The summed E-state index contributed by atoms with van der Waals surface area (Å²) in [4.78, 5) is 0. The minimum absolute atomic E-state index is 0.00948. The van der Waals surface area contributed by atoms with Crippen molar-refractivity contribution in [2.24, 2.45) is 0 Å². The van der Waals surface area contributed by atoms with E-state index in [0.717, 1.165) is 49.3 Å². The molecule has 0 fully saturated rings. The summed E-state index contributed by atoms with van der Waals surface area (Å²) in [5, 5.41) is 15.0. The Bertz CT molecular complexity index is 1980. The first kappa shape index (κ1) is 43.6. The van der Waals surface area contributed by atoms with E-state index >= 15 is 0 Å². The lowest BCUT2D eigenvalue weighted by molar-refractivity contribution is 0.00470. The number of rotatable bonds is 15. The molecule has 57 heavy (non-hydrogen) atoms. The Morgan fingerprint density at radius 1 is 0.509 bits per heavy atom. The highest BCUT2D eigenvalue weighted by Crippen LogP contribution is 2.50. The zero-order valence-electron chi connectivity index (χ0n) is 35.9. The third-order valence-corrected chi connectivity index (χ3v) is 12.2. The van der Waals surface area contributed by atoms with E-state index in [1.54, 1.807) is 14.2 Å². The van der Waals surface area contributed by atoms with Crippen molar-refractivity contribution in [3.8, 4) is 28.7 Å². The quantitative estimate of drug-likeness (QED) is 0.0643. The van der Waals surface area contributed by atoms with Crippen molar-refractivity contribution in [1.29, 1.82) is 0 Å². The fourth-order valence-corrected chi connectivity index (χ4v) is 9.45. The second kappa shape index (κ2) is 18.4. The number of phenolic OH excluding ortho intramolecular Hbond substituents is 1. The Morgan fingerprint density at radius 3 is 1.28 bits per heavy atom. The van der Waals surface area contributed by atoms with Crippen molar-refractivity contribution in [1.82, 2.24) is 0 Å². The summed E-state index contributed by atoms with van der Waals surface area (Å²) in [5.41, 5.74) is 4.81. The second-order valence-corrected chi connectivity index (χ2v) is 19.6. The van der Waals surface area contributed by atoms with Crippen LogP contribution >= 0.6 is 7.92 Å². The lowest BCUT2D eigenvalue weighted by Crippen LogP contribution is -2.30. The van der Waals surface area contributed by atoms with Crippen molar-refractivity contribution >= 4 is 23.8 Å². The zero-order valence-corrected chi connectivity index (χ0v) is 36.8. The SMILES string of the molecule is COc1cc(P(c2cc(C)cc(C(C)(C)C)c2O)c2cc(OC)cc(C(C)(C)C)c2OCOCc2ccccc2)c(OCOCc2ccccc2)c(C(C)(C)C)c1. The molecule has 1 N–H and O–H groups in total. The zero-order chi connectivity index (χ0) is 41.5. The normalized spacial score (nSPS) is 12.2. The van der Waals surface area contributed by atoms with Gasteiger partial charge in [0.15, 0.2) is 13.6 Å². The van der Waals surface area contributed by atoms with Gasteiger partial charge in [-0.25, -0.2) is 0 Å². The van der Waals surface area contributed by atoms with E-state index in [4.69, 9.17) is 28.4 Å². The van der Waals surface area contributed by atoms with Crippen LogP contribution in [0.3, 0.4) is 0 Å². The van der Waals surface area contributed by atoms with Crippen LogP contribution in [0.4, 0.5) is 0 Å². The van der Waals surface area contributed by atoms with Gasteiger partial charge in [-0.2, -0.15) is 0 Å². The van der Waals surface area contributed by atoms with E-state index in [2.05, 4.69) is 81.4 Å². The minimum atomic E-state index is -1.66. The Hall–Kier alpha value is -4.55. The van der Waals surface area contributed by atoms with E-state index in [9.17, 15) is 5.11 Å². The maximum absolute atomic E-state index is 12.5. The van der Waals surface area contributed by atoms with E-state index in [-0.39, 0.29) is 35.6 Å². The molecular formula is C49H61O7P. The lowest BCUT2D eigenvalue weighted by Gasteiger charge is -2.33. The number of phenols is 1. The van der Waals surface area contributed by atoms with Crippen LogP contribution < -0.4 is 34.9 Å². The molecule has 8 heteroatoms. The fourth-order valence-electron chi connectivity index (χ4n) is 6.72. The first-order chi connectivity index (χ1) is 26.9. The maximum Gasteiger partial charge on any atom is 0.189 e. The van der Waals surface area contributed by atoms with Gasteiger partial charge in [0.05, 0.1) is 27.4 Å². The van der Waals surface area contributed by atoms with Gasteiger partial charge in [-0.3, -0.25) is 0 Å². The largest absolute Gasteiger partial charge is 0.507 e. The van der Waals surface area contributed by atoms with E-state index in [1.165, 1.54) is 0 Å². The van der Waals surface area contributed by atoms with Crippen molar-refractivity contribution < 1.29 is 33.5 Å². The third kappa shape index (κ3) is 10.9. The second-order valence-electron chi connectivity index (χ2n) is 17.5. The number of hydrogen-bond acceptors (Lipinski definition) is 7. The van der Waals surface area contributed by atoms with Gasteiger partial charge in [-0.05, 0) is 78.1 Å². The number of aryl methyl sites for hydroxylation is 1. The maximum atomic E-state index is 12.5. The summed E-state index contributed by atoms with van der Waals surface area (Å²) < 4.78 is 38.0. The molecule has 304 valence electrons. The summed E-state index contributed by atoms with van der Waals surface area (Å²) in [5.74, 6) is 2.93. The van der Waals surface area contributed by atoms with Crippen molar-refractivity contribution in [3.63, 3.8) is 0 Å². The Balaban J connectivity index is 1.81. The van der Waals surface area contributed by atoms with Crippen LogP contribution in [0.5, 0.6) is 28.7 Å². The highest BCUT2D eigenvalue weighted by Gasteiger charge is 2.36. The molecule has 0 unspecified atom stereocenters. The van der Waals surface area contributed by atoms with Crippen LogP contribution in [0, 0.1) is 6.92 Å². The first-order valence-corrected chi connectivity index (χ1v) is 20.8. The fraction of sp³-hybridized carbons (Fsp3) is 0.388. The molecular weight excluding hydrogens is 732 g/mol. The molecule has 0 bridgehead atoms. The number of ether oxygens (including phenoxy) is 6. The summed E-state index contributed by atoms with van der Waals surface area (Å²) in [7, 11) is 1.70. The summed E-state index contributed by atoms with van der Waals surface area (Å²) in [6.45, 7) is 22.2. The monoisotopic (exact) mass is 792 g/mol. The van der Waals surface area contributed by atoms with Crippen LogP contribution in [-0.2, 0) is 38.9 Å².